The van der Waals surface area contributed by atoms with Crippen LogP contribution in [0.4, 0.5) is 17.1 Å². The molecule has 0 fully saturated rings. The summed E-state index contributed by atoms with van der Waals surface area (Å²) < 4.78 is 0. The molecule has 0 aromatic heterocycles. The van der Waals surface area contributed by atoms with E-state index in [0.29, 0.717) is 0 Å². The Labute approximate surface area is 191 Å². The van der Waals surface area contributed by atoms with E-state index < -0.39 is 0 Å². The van der Waals surface area contributed by atoms with Crippen molar-refractivity contribution in [3.8, 4) is 0 Å². The zero-order valence-corrected chi connectivity index (χ0v) is 19.3. The Morgan fingerprint density at radius 2 is 1.12 bits per heavy atom. The van der Waals surface area contributed by atoms with Gasteiger partial charge in [0, 0.05) is 67.8 Å². The summed E-state index contributed by atoms with van der Waals surface area (Å²) >= 11 is 0. The molecule has 3 aromatic carbocycles. The SMILES string of the molecule is Cc1ccc(N(C=C2CCN(C)c3ccccc32)C=C2CCN(C)c3ccccc32)cc1. The quantitative estimate of drug-likeness (QED) is 0.474. The van der Waals surface area contributed by atoms with E-state index in [1.165, 1.54) is 44.9 Å². The topological polar surface area (TPSA) is 9.72 Å². The van der Waals surface area contributed by atoms with Crippen molar-refractivity contribution in [3.63, 3.8) is 0 Å². The molecule has 0 amide bonds. The van der Waals surface area contributed by atoms with Crippen LogP contribution in [0.3, 0.4) is 0 Å². The van der Waals surface area contributed by atoms with Crippen LogP contribution >= 0.6 is 0 Å². The molecule has 2 aliphatic heterocycles. The number of rotatable bonds is 3. The summed E-state index contributed by atoms with van der Waals surface area (Å²) in [6.45, 7) is 4.22. The number of fused-ring (bicyclic) bond motifs is 2. The van der Waals surface area contributed by atoms with Crippen LogP contribution in [0.1, 0.15) is 29.5 Å². The number of hydrogen-bond donors (Lipinski definition) is 0. The van der Waals surface area contributed by atoms with Gasteiger partial charge in [0.1, 0.15) is 0 Å². The van der Waals surface area contributed by atoms with Gasteiger partial charge in [-0.15, -0.1) is 0 Å². The highest BCUT2D eigenvalue weighted by Crippen LogP contribution is 2.37. The normalized spacial score (nSPS) is 18.0. The fraction of sp³-hybridized carbons (Fsp3) is 0.241. The fourth-order valence-corrected chi connectivity index (χ4v) is 4.75. The molecular weight excluding hydrogens is 390 g/mol. The first-order chi connectivity index (χ1) is 15.6. The van der Waals surface area contributed by atoms with Gasteiger partial charge in [-0.3, -0.25) is 0 Å². The lowest BCUT2D eigenvalue weighted by atomic mass is 9.95. The maximum atomic E-state index is 2.36. The lowest BCUT2D eigenvalue weighted by Gasteiger charge is -2.32. The van der Waals surface area contributed by atoms with Gasteiger partial charge in [-0.25, -0.2) is 0 Å². The van der Waals surface area contributed by atoms with Crippen LogP contribution in [0.25, 0.3) is 11.1 Å². The monoisotopic (exact) mass is 421 g/mol. The summed E-state index contributed by atoms with van der Waals surface area (Å²) in [6.07, 6.45) is 6.78. The highest BCUT2D eigenvalue weighted by Gasteiger charge is 2.20. The van der Waals surface area contributed by atoms with Crippen molar-refractivity contribution < 1.29 is 0 Å². The second kappa shape index (κ2) is 8.58. The molecule has 0 aliphatic carbocycles. The number of anilines is 3. The molecule has 2 aliphatic rings. The Morgan fingerprint density at radius 1 is 0.656 bits per heavy atom. The average molecular weight is 422 g/mol. The van der Waals surface area contributed by atoms with Crippen LogP contribution < -0.4 is 14.7 Å². The van der Waals surface area contributed by atoms with Crippen LogP contribution in [0.15, 0.2) is 85.2 Å². The van der Waals surface area contributed by atoms with Gasteiger partial charge in [-0.1, -0.05) is 54.1 Å². The van der Waals surface area contributed by atoms with Crippen molar-refractivity contribution >= 4 is 28.2 Å². The van der Waals surface area contributed by atoms with Crippen molar-refractivity contribution in [2.24, 2.45) is 0 Å². The van der Waals surface area contributed by atoms with Crippen molar-refractivity contribution in [3.05, 3.63) is 102 Å². The van der Waals surface area contributed by atoms with Crippen molar-refractivity contribution in [1.29, 1.82) is 0 Å². The number of para-hydroxylation sites is 2. The second-order valence-electron chi connectivity index (χ2n) is 8.93. The van der Waals surface area contributed by atoms with Crippen molar-refractivity contribution in [1.82, 2.24) is 0 Å². The van der Waals surface area contributed by atoms with Gasteiger partial charge in [0.2, 0.25) is 0 Å². The lowest BCUT2D eigenvalue weighted by molar-refractivity contribution is 0.876. The van der Waals surface area contributed by atoms with Gasteiger partial charge < -0.3 is 14.7 Å². The molecule has 0 atom stereocenters. The average Bonchev–Trinajstić information content (AvgIpc) is 2.83. The van der Waals surface area contributed by atoms with E-state index in [1.54, 1.807) is 0 Å². The molecule has 0 saturated heterocycles. The third kappa shape index (κ3) is 3.91. The summed E-state index contributed by atoms with van der Waals surface area (Å²) in [5, 5.41) is 0. The highest BCUT2D eigenvalue weighted by molar-refractivity contribution is 5.84. The van der Waals surface area contributed by atoms with E-state index in [2.05, 4.69) is 121 Å². The third-order valence-electron chi connectivity index (χ3n) is 6.68. The number of aryl methyl sites for hydroxylation is 1. The summed E-state index contributed by atoms with van der Waals surface area (Å²) in [6, 6.07) is 26.4. The zero-order valence-electron chi connectivity index (χ0n) is 19.3. The molecule has 3 nitrogen and oxygen atoms in total. The van der Waals surface area contributed by atoms with Crippen LogP contribution in [-0.4, -0.2) is 27.2 Å². The van der Waals surface area contributed by atoms with E-state index in [9.17, 15) is 0 Å². The first-order valence-corrected chi connectivity index (χ1v) is 11.5. The maximum absolute atomic E-state index is 2.36. The molecule has 0 saturated carbocycles. The first-order valence-electron chi connectivity index (χ1n) is 11.5. The Balaban J connectivity index is 1.62. The summed E-state index contributed by atoms with van der Waals surface area (Å²) in [7, 11) is 4.37. The number of hydrogen-bond acceptors (Lipinski definition) is 3. The van der Waals surface area contributed by atoms with E-state index in [4.69, 9.17) is 0 Å². The Kier molecular flexibility index (Phi) is 5.48. The fourth-order valence-electron chi connectivity index (χ4n) is 4.75. The largest absolute Gasteiger partial charge is 0.374 e. The smallest absolute Gasteiger partial charge is 0.0449 e. The van der Waals surface area contributed by atoms with Gasteiger partial charge in [0.05, 0.1) is 0 Å². The standard InChI is InChI=1S/C29H31N3/c1-22-12-14-25(15-13-22)32(20-23-16-18-30(2)28-10-6-4-8-26(23)28)21-24-17-19-31(3)29-11-7-5-9-27(24)29/h4-15,20-21H,16-19H2,1-3H3. The molecule has 162 valence electrons. The van der Waals surface area contributed by atoms with Gasteiger partial charge >= 0.3 is 0 Å². The Hall–Kier alpha value is -3.46. The molecule has 0 radical (unpaired) electrons. The number of benzene rings is 3. The third-order valence-corrected chi connectivity index (χ3v) is 6.68. The maximum Gasteiger partial charge on any atom is 0.0449 e. The second-order valence-corrected chi connectivity index (χ2v) is 8.93. The van der Waals surface area contributed by atoms with E-state index in [-0.39, 0.29) is 0 Å². The van der Waals surface area contributed by atoms with E-state index in [0.717, 1.165) is 25.9 Å². The minimum absolute atomic E-state index is 1.04. The first kappa shape index (κ1) is 20.4. The molecule has 0 spiro atoms. The highest BCUT2D eigenvalue weighted by atomic mass is 15.1. The van der Waals surface area contributed by atoms with Gasteiger partial charge in [-0.2, -0.15) is 0 Å². The van der Waals surface area contributed by atoms with Crippen LogP contribution in [0.2, 0.25) is 0 Å². The van der Waals surface area contributed by atoms with E-state index >= 15 is 0 Å². The van der Waals surface area contributed by atoms with Crippen molar-refractivity contribution in [2.75, 3.05) is 41.9 Å². The molecule has 0 unspecified atom stereocenters. The molecule has 5 rings (SSSR count). The molecule has 0 bridgehead atoms. The summed E-state index contributed by atoms with van der Waals surface area (Å²) in [5.41, 5.74) is 10.5. The summed E-state index contributed by atoms with van der Waals surface area (Å²) in [4.78, 5) is 7.05. The predicted molar refractivity (Wildman–Crippen MR) is 138 cm³/mol. The molecule has 32 heavy (non-hydrogen) atoms. The Bertz CT molecular complexity index is 1100. The van der Waals surface area contributed by atoms with Crippen LogP contribution in [0, 0.1) is 6.92 Å². The summed E-state index contributed by atoms with van der Waals surface area (Å²) in [5.74, 6) is 0. The van der Waals surface area contributed by atoms with Crippen LogP contribution in [0.5, 0.6) is 0 Å². The van der Waals surface area contributed by atoms with Crippen LogP contribution in [-0.2, 0) is 0 Å². The predicted octanol–water partition coefficient (Wildman–Crippen LogP) is 6.56. The molecular formula is C29H31N3. The Morgan fingerprint density at radius 3 is 1.62 bits per heavy atom. The van der Waals surface area contributed by atoms with E-state index in [1.807, 2.05) is 0 Å². The molecule has 0 N–H and O–H groups in total. The number of nitrogens with zero attached hydrogens (tertiary/aromatic N) is 3. The molecule has 2 heterocycles. The minimum atomic E-state index is 1.04. The van der Waals surface area contributed by atoms with Gasteiger partial charge in [0.25, 0.3) is 0 Å². The lowest BCUT2D eigenvalue weighted by Crippen LogP contribution is -2.25. The van der Waals surface area contributed by atoms with Gasteiger partial charge in [0.15, 0.2) is 0 Å². The molecule has 3 heteroatoms. The minimum Gasteiger partial charge on any atom is -0.374 e. The van der Waals surface area contributed by atoms with Gasteiger partial charge in [-0.05, 0) is 55.2 Å². The molecule has 3 aromatic rings. The zero-order chi connectivity index (χ0) is 22.1. The van der Waals surface area contributed by atoms with Crippen molar-refractivity contribution in [2.45, 2.75) is 19.8 Å².